The van der Waals surface area contributed by atoms with Gasteiger partial charge in [0.25, 0.3) is 0 Å². The maximum Gasteiger partial charge on any atom is 0.191 e. The highest BCUT2D eigenvalue weighted by molar-refractivity contribution is 14.0. The van der Waals surface area contributed by atoms with Crippen molar-refractivity contribution in [3.05, 3.63) is 47.8 Å². The summed E-state index contributed by atoms with van der Waals surface area (Å²) in [7, 11) is 1.89. The molecule has 0 bridgehead atoms. The fourth-order valence-corrected chi connectivity index (χ4v) is 2.41. The standard InChI is InChI=1S/C19H29N5O2.HI/c1-5-20-19(21-12-16-10-11-23-24(16)4)22-13-18(25)15-6-8-17(9-7-15)26-14(2)3;/h6-11,14,18,25H,5,12-13H2,1-4H3,(H2,20,21,22);1H. The molecule has 1 heterocycles. The predicted molar refractivity (Wildman–Crippen MR) is 119 cm³/mol. The largest absolute Gasteiger partial charge is 0.491 e. The SMILES string of the molecule is CCNC(=NCc1ccnn1C)NCC(O)c1ccc(OC(C)C)cc1.I. The van der Waals surface area contributed by atoms with Gasteiger partial charge in [0, 0.05) is 26.3 Å². The Labute approximate surface area is 178 Å². The molecule has 0 fully saturated rings. The van der Waals surface area contributed by atoms with Crippen molar-refractivity contribution in [3.8, 4) is 5.75 Å². The summed E-state index contributed by atoms with van der Waals surface area (Å²) in [6.45, 7) is 7.60. The van der Waals surface area contributed by atoms with E-state index in [-0.39, 0.29) is 30.1 Å². The van der Waals surface area contributed by atoms with Crippen LogP contribution in [0, 0.1) is 0 Å². The molecule has 0 aliphatic heterocycles. The van der Waals surface area contributed by atoms with Gasteiger partial charge in [0.05, 0.1) is 24.4 Å². The highest BCUT2D eigenvalue weighted by atomic mass is 127. The minimum absolute atomic E-state index is 0. The van der Waals surface area contributed by atoms with Gasteiger partial charge in [0.1, 0.15) is 5.75 Å². The molecule has 0 aliphatic carbocycles. The van der Waals surface area contributed by atoms with Crippen LogP contribution in [0.2, 0.25) is 0 Å². The fourth-order valence-electron chi connectivity index (χ4n) is 2.41. The van der Waals surface area contributed by atoms with Gasteiger partial charge in [0.15, 0.2) is 5.96 Å². The Morgan fingerprint density at radius 1 is 1.22 bits per heavy atom. The van der Waals surface area contributed by atoms with Crippen LogP contribution in [-0.4, -0.2) is 40.0 Å². The van der Waals surface area contributed by atoms with Gasteiger partial charge in [-0.15, -0.1) is 24.0 Å². The zero-order valence-corrected chi connectivity index (χ0v) is 18.7. The van der Waals surface area contributed by atoms with E-state index in [1.807, 2.05) is 58.2 Å². The molecule has 1 unspecified atom stereocenters. The number of aliphatic hydroxyl groups excluding tert-OH is 1. The first-order valence-electron chi connectivity index (χ1n) is 8.93. The van der Waals surface area contributed by atoms with Crippen LogP contribution in [0.4, 0.5) is 0 Å². The third kappa shape index (κ3) is 7.76. The normalized spacial score (nSPS) is 12.4. The first-order valence-corrected chi connectivity index (χ1v) is 8.93. The number of hydrogen-bond acceptors (Lipinski definition) is 4. The molecule has 0 aliphatic rings. The first-order chi connectivity index (χ1) is 12.5. The van der Waals surface area contributed by atoms with E-state index in [0.29, 0.717) is 19.0 Å². The van der Waals surface area contributed by atoms with Crippen molar-refractivity contribution < 1.29 is 9.84 Å². The van der Waals surface area contributed by atoms with E-state index in [9.17, 15) is 5.11 Å². The van der Waals surface area contributed by atoms with Gasteiger partial charge in [-0.1, -0.05) is 12.1 Å². The molecule has 0 saturated heterocycles. The topological polar surface area (TPSA) is 83.7 Å². The van der Waals surface area contributed by atoms with Crippen molar-refractivity contribution in [3.63, 3.8) is 0 Å². The number of hydrogen-bond donors (Lipinski definition) is 3. The lowest BCUT2D eigenvalue weighted by Gasteiger charge is -2.16. The summed E-state index contributed by atoms with van der Waals surface area (Å²) in [4.78, 5) is 4.53. The summed E-state index contributed by atoms with van der Waals surface area (Å²) in [6, 6.07) is 9.44. The van der Waals surface area contributed by atoms with Crippen molar-refractivity contribution >= 4 is 29.9 Å². The number of ether oxygens (including phenoxy) is 1. The van der Waals surface area contributed by atoms with E-state index in [0.717, 1.165) is 23.6 Å². The molecular weight excluding hydrogens is 457 g/mol. The Hall–Kier alpha value is -1.81. The van der Waals surface area contributed by atoms with Crippen LogP contribution >= 0.6 is 24.0 Å². The van der Waals surface area contributed by atoms with Crippen molar-refractivity contribution in [2.24, 2.45) is 12.0 Å². The van der Waals surface area contributed by atoms with Crippen LogP contribution in [0.25, 0.3) is 0 Å². The number of benzene rings is 1. The lowest BCUT2D eigenvalue weighted by Crippen LogP contribution is -2.39. The van der Waals surface area contributed by atoms with Crippen LogP contribution in [-0.2, 0) is 13.6 Å². The van der Waals surface area contributed by atoms with Gasteiger partial charge in [-0.05, 0) is 44.5 Å². The average Bonchev–Trinajstić information content (AvgIpc) is 3.02. The number of aliphatic imine (C=N–C) groups is 1. The molecule has 1 atom stereocenters. The highest BCUT2D eigenvalue weighted by Crippen LogP contribution is 2.18. The van der Waals surface area contributed by atoms with Crippen LogP contribution < -0.4 is 15.4 Å². The Morgan fingerprint density at radius 2 is 1.93 bits per heavy atom. The molecule has 0 amide bonds. The third-order valence-corrected chi connectivity index (χ3v) is 3.77. The molecule has 3 N–H and O–H groups in total. The van der Waals surface area contributed by atoms with E-state index < -0.39 is 6.10 Å². The Balaban J connectivity index is 0.00000364. The summed E-state index contributed by atoms with van der Waals surface area (Å²) >= 11 is 0. The van der Waals surface area contributed by atoms with Crippen LogP contribution in [0.15, 0.2) is 41.5 Å². The number of aryl methyl sites for hydroxylation is 1. The second kappa shape index (κ2) is 11.8. The summed E-state index contributed by atoms with van der Waals surface area (Å²) in [5.41, 5.74) is 1.85. The maximum atomic E-state index is 10.4. The molecule has 8 heteroatoms. The Kier molecular flexibility index (Phi) is 10.2. The lowest BCUT2D eigenvalue weighted by atomic mass is 10.1. The third-order valence-electron chi connectivity index (χ3n) is 3.77. The molecule has 0 saturated carbocycles. The number of nitrogens with zero attached hydrogens (tertiary/aromatic N) is 3. The second-order valence-electron chi connectivity index (χ2n) is 6.27. The van der Waals surface area contributed by atoms with Gasteiger partial charge in [-0.2, -0.15) is 5.10 Å². The zero-order chi connectivity index (χ0) is 18.9. The van der Waals surface area contributed by atoms with Crippen LogP contribution in [0.1, 0.15) is 38.1 Å². The monoisotopic (exact) mass is 487 g/mol. The Morgan fingerprint density at radius 3 is 2.48 bits per heavy atom. The summed E-state index contributed by atoms with van der Waals surface area (Å²) in [5, 5.41) is 20.9. The lowest BCUT2D eigenvalue weighted by molar-refractivity contribution is 0.180. The van der Waals surface area contributed by atoms with Gasteiger partial charge in [0.2, 0.25) is 0 Å². The van der Waals surface area contributed by atoms with Crippen molar-refractivity contribution in [1.29, 1.82) is 0 Å². The average molecular weight is 487 g/mol. The second-order valence-corrected chi connectivity index (χ2v) is 6.27. The van der Waals surface area contributed by atoms with Crippen molar-refractivity contribution in [2.45, 2.75) is 39.5 Å². The van der Waals surface area contributed by atoms with E-state index in [1.165, 1.54) is 0 Å². The van der Waals surface area contributed by atoms with Crippen molar-refractivity contribution in [1.82, 2.24) is 20.4 Å². The number of rotatable bonds is 8. The zero-order valence-electron chi connectivity index (χ0n) is 16.3. The van der Waals surface area contributed by atoms with Gasteiger partial charge < -0.3 is 20.5 Å². The molecule has 150 valence electrons. The molecular formula is C19H30IN5O2. The predicted octanol–water partition coefficient (Wildman–Crippen LogP) is 2.61. The molecule has 0 radical (unpaired) electrons. The molecule has 1 aromatic carbocycles. The van der Waals surface area contributed by atoms with E-state index in [4.69, 9.17) is 4.74 Å². The molecule has 2 aromatic rings. The summed E-state index contributed by atoms with van der Waals surface area (Å²) < 4.78 is 7.42. The van der Waals surface area contributed by atoms with Gasteiger partial charge in [-0.25, -0.2) is 4.99 Å². The summed E-state index contributed by atoms with van der Waals surface area (Å²) in [6.07, 6.45) is 1.25. The minimum atomic E-state index is -0.636. The Bertz CT molecular complexity index is 700. The summed E-state index contributed by atoms with van der Waals surface area (Å²) in [5.74, 6) is 1.46. The molecule has 2 rings (SSSR count). The number of aromatic nitrogens is 2. The first kappa shape index (κ1) is 23.2. The smallest absolute Gasteiger partial charge is 0.191 e. The quantitative estimate of drug-likeness (QED) is 0.303. The highest BCUT2D eigenvalue weighted by Gasteiger charge is 2.09. The minimum Gasteiger partial charge on any atom is -0.491 e. The number of aliphatic hydroxyl groups is 1. The number of halogens is 1. The maximum absolute atomic E-state index is 10.4. The van der Waals surface area contributed by atoms with Crippen molar-refractivity contribution in [2.75, 3.05) is 13.1 Å². The molecule has 27 heavy (non-hydrogen) atoms. The molecule has 7 nitrogen and oxygen atoms in total. The van der Waals surface area contributed by atoms with Crippen LogP contribution in [0.3, 0.4) is 0 Å². The van der Waals surface area contributed by atoms with Gasteiger partial charge >= 0.3 is 0 Å². The number of guanidine groups is 1. The van der Waals surface area contributed by atoms with E-state index in [1.54, 1.807) is 10.9 Å². The van der Waals surface area contributed by atoms with Gasteiger partial charge in [-0.3, -0.25) is 4.68 Å². The fraction of sp³-hybridized carbons (Fsp3) is 0.474. The van der Waals surface area contributed by atoms with E-state index in [2.05, 4.69) is 20.7 Å². The number of nitrogens with one attached hydrogen (secondary N) is 2. The molecule has 1 aromatic heterocycles. The van der Waals surface area contributed by atoms with E-state index >= 15 is 0 Å². The molecule has 0 spiro atoms. The van der Waals surface area contributed by atoms with Crippen LogP contribution in [0.5, 0.6) is 5.75 Å².